The van der Waals surface area contributed by atoms with Crippen molar-refractivity contribution in [2.24, 2.45) is 5.73 Å². The van der Waals surface area contributed by atoms with Crippen LogP contribution in [0.5, 0.6) is 11.8 Å². The first-order chi connectivity index (χ1) is 33.7. The Balaban J connectivity index is 0.000000221. The summed E-state index contributed by atoms with van der Waals surface area (Å²) in [7, 11) is -1.62. The molecule has 0 unspecified atom stereocenters. The Hall–Kier alpha value is -7.41. The Morgan fingerprint density at radius 3 is 1.30 bits per heavy atom. The van der Waals surface area contributed by atoms with E-state index < -0.39 is 58.0 Å². The fourth-order valence-corrected chi connectivity index (χ4v) is 8.26. The highest BCUT2D eigenvalue weighted by atomic mass is 32.2. The summed E-state index contributed by atoms with van der Waals surface area (Å²) >= 11 is 0. The maximum atomic E-state index is 12.3. The Bertz CT molecular complexity index is 2780. The van der Waals surface area contributed by atoms with E-state index in [1.807, 2.05) is 43.3 Å². The lowest BCUT2D eigenvalue weighted by atomic mass is 9.70. The highest BCUT2D eigenvalue weighted by molar-refractivity contribution is 7.90. The molecule has 17 heteroatoms. The highest BCUT2D eigenvalue weighted by Crippen LogP contribution is 2.38. The monoisotopic (exact) mass is 987 g/mol. The fourth-order valence-electron chi connectivity index (χ4n) is 7.64. The minimum Gasteiger partial charge on any atom is -0.497 e. The fraction of sp³-hybridized carbons (Fsp3) is 0.259. The number of nitrogens with zero attached hydrogens (tertiary/aromatic N) is 4. The molecule has 0 aliphatic heterocycles. The van der Waals surface area contributed by atoms with E-state index in [0.29, 0.717) is 45.0 Å². The molecule has 3 atom stereocenters. The van der Waals surface area contributed by atoms with Crippen LogP contribution >= 0.6 is 0 Å². The van der Waals surface area contributed by atoms with Gasteiger partial charge in [-0.15, -0.1) is 0 Å². The van der Waals surface area contributed by atoms with Crippen molar-refractivity contribution in [1.29, 1.82) is 0 Å². The van der Waals surface area contributed by atoms with Crippen LogP contribution in [0.3, 0.4) is 0 Å². The minimum absolute atomic E-state index is 0.0328. The molecule has 0 bridgehead atoms. The highest BCUT2D eigenvalue weighted by Gasteiger charge is 2.49. The van der Waals surface area contributed by atoms with Gasteiger partial charge in [0.15, 0.2) is 6.10 Å². The zero-order valence-electron chi connectivity index (χ0n) is 40.6. The van der Waals surface area contributed by atoms with Crippen LogP contribution in [-0.4, -0.2) is 105 Å². The lowest BCUT2D eigenvalue weighted by Crippen LogP contribution is -2.52. The molecule has 7 aromatic rings. The topological polar surface area (TPSA) is 265 Å². The van der Waals surface area contributed by atoms with Crippen LogP contribution in [0, 0.1) is 27.7 Å². The largest absolute Gasteiger partial charge is 0.497 e. The first kappa shape index (κ1) is 56.2. The molecule has 374 valence electrons. The number of methoxy groups -OCH3 is 1. The molecule has 0 aliphatic carbocycles. The second-order valence-electron chi connectivity index (χ2n) is 16.5. The van der Waals surface area contributed by atoms with Gasteiger partial charge in [-0.2, -0.15) is 0 Å². The number of aliphatic hydroxyl groups excluding tert-OH is 3. The quantitative estimate of drug-likeness (QED) is 0.0597. The molecule has 0 fully saturated rings. The predicted molar refractivity (Wildman–Crippen MR) is 269 cm³/mol. The molecule has 16 nitrogen and oxygen atoms in total. The molecule has 0 radical (unpaired) electrons. The molecular formula is C54H61N5O11S. The molecular weight excluding hydrogens is 927 g/mol. The predicted octanol–water partition coefficient (Wildman–Crippen LogP) is 6.53. The van der Waals surface area contributed by atoms with Crippen molar-refractivity contribution in [3.63, 3.8) is 0 Å². The van der Waals surface area contributed by atoms with E-state index in [4.69, 9.17) is 15.2 Å². The molecule has 2 aromatic heterocycles. The van der Waals surface area contributed by atoms with Crippen LogP contribution in [0.4, 0.5) is 0 Å². The van der Waals surface area contributed by atoms with Gasteiger partial charge < -0.3 is 40.7 Å². The third-order valence-corrected chi connectivity index (χ3v) is 12.0. The summed E-state index contributed by atoms with van der Waals surface area (Å²) in [6.07, 6.45) is -2.08. The average molecular weight is 988 g/mol. The molecule has 0 aliphatic rings. The van der Waals surface area contributed by atoms with Gasteiger partial charge in [-0.05, 0) is 86.7 Å². The van der Waals surface area contributed by atoms with Gasteiger partial charge >= 0.3 is 17.9 Å². The van der Waals surface area contributed by atoms with E-state index in [0.717, 1.165) is 17.6 Å². The molecule has 5 aromatic carbocycles. The van der Waals surface area contributed by atoms with Crippen molar-refractivity contribution in [3.05, 3.63) is 208 Å². The van der Waals surface area contributed by atoms with E-state index in [1.165, 1.54) is 0 Å². The lowest BCUT2D eigenvalue weighted by Gasteiger charge is -2.37. The number of carboxylic acid groups (broad SMARTS) is 2. The minimum atomic E-state index is -3.27. The number of aliphatic hydroxyl groups is 3. The average Bonchev–Trinajstić information content (AvgIpc) is 3.35. The van der Waals surface area contributed by atoms with Gasteiger partial charge in [0.2, 0.25) is 21.1 Å². The summed E-state index contributed by atoms with van der Waals surface area (Å²) in [5, 5.41) is 49.8. The van der Waals surface area contributed by atoms with Crippen molar-refractivity contribution < 1.29 is 53.0 Å². The van der Waals surface area contributed by atoms with E-state index in [1.54, 1.807) is 156 Å². The molecule has 0 saturated carbocycles. The molecule has 71 heavy (non-hydrogen) atoms. The number of ether oxygens (including phenoxy) is 2. The van der Waals surface area contributed by atoms with Gasteiger partial charge in [-0.1, -0.05) is 133 Å². The standard InChI is InChI=1S/C22H22N2O4.C16H16O4.C9H13NO.C7H10N2O2S/c1-15-13-16(2)24-21(23-15)28-19(20(26)27)22(14-25,17-9-5-3-6-10-17)18-11-7-4-8-12-18;17-11-16(14(18)15(19)20,12-7-3-1-4-8-12)13-9-5-2-6-10-13;1-7(10)8-4-3-5-9(6-8)11-2;1-5-4-6(2)9-7(8-5)12(3,10)11/h3-13,19,25H,14H2,1-2H3,(H,26,27);1-10,14,17-18H,11H2,(H,19,20);3-7H,10H2,1-2H3;4H,1-3H3/t19-;14-;7-;/m110./s1. The number of rotatable bonds is 15. The van der Waals surface area contributed by atoms with Gasteiger partial charge in [-0.3, -0.25) is 0 Å². The Morgan fingerprint density at radius 2 is 0.972 bits per heavy atom. The Labute approximate surface area is 414 Å². The van der Waals surface area contributed by atoms with Gasteiger partial charge in [-0.25, -0.2) is 37.9 Å². The summed E-state index contributed by atoms with van der Waals surface area (Å²) in [5.41, 5.74) is 9.11. The second-order valence-corrected chi connectivity index (χ2v) is 18.4. The summed E-state index contributed by atoms with van der Waals surface area (Å²) < 4.78 is 32.9. The van der Waals surface area contributed by atoms with Crippen LogP contribution < -0.4 is 15.2 Å². The van der Waals surface area contributed by atoms with Gasteiger partial charge in [0.1, 0.15) is 5.75 Å². The molecule has 7 rings (SSSR count). The normalized spacial score (nSPS) is 12.4. The van der Waals surface area contributed by atoms with Gasteiger partial charge in [0.25, 0.3) is 0 Å². The van der Waals surface area contributed by atoms with E-state index in [-0.39, 0.29) is 17.2 Å². The maximum Gasteiger partial charge on any atom is 0.346 e. The smallest absolute Gasteiger partial charge is 0.346 e. The summed E-state index contributed by atoms with van der Waals surface area (Å²) in [6.45, 7) is 8.02. The van der Waals surface area contributed by atoms with Gasteiger partial charge in [0.05, 0.1) is 31.2 Å². The molecule has 0 spiro atoms. The summed E-state index contributed by atoms with van der Waals surface area (Å²) in [5.74, 6) is -1.73. The van der Waals surface area contributed by atoms with E-state index in [9.17, 15) is 43.5 Å². The van der Waals surface area contributed by atoms with Crippen molar-refractivity contribution in [2.45, 2.75) is 68.9 Å². The summed E-state index contributed by atoms with van der Waals surface area (Å²) in [4.78, 5) is 39.7. The third kappa shape index (κ3) is 14.8. The van der Waals surface area contributed by atoms with Crippen molar-refractivity contribution >= 4 is 21.8 Å². The molecule has 0 amide bonds. The number of hydrogen-bond acceptors (Lipinski definition) is 14. The van der Waals surface area contributed by atoms with Crippen LogP contribution in [0.1, 0.15) is 63.6 Å². The lowest BCUT2D eigenvalue weighted by molar-refractivity contribution is -0.151. The van der Waals surface area contributed by atoms with Crippen LogP contribution in [0.25, 0.3) is 0 Å². The number of aliphatic carboxylic acids is 2. The van der Waals surface area contributed by atoms with Crippen molar-refractivity contribution in [2.75, 3.05) is 26.6 Å². The molecule has 2 heterocycles. The van der Waals surface area contributed by atoms with E-state index >= 15 is 0 Å². The Morgan fingerprint density at radius 1 is 0.592 bits per heavy atom. The first-order valence-corrected chi connectivity index (χ1v) is 24.1. The summed E-state index contributed by atoms with van der Waals surface area (Å²) in [6, 6.07) is 46.7. The van der Waals surface area contributed by atoms with Crippen LogP contribution in [0.2, 0.25) is 0 Å². The van der Waals surface area contributed by atoms with Crippen LogP contribution in [0.15, 0.2) is 163 Å². The number of aryl methyl sites for hydroxylation is 4. The zero-order chi connectivity index (χ0) is 52.4. The van der Waals surface area contributed by atoms with Crippen molar-refractivity contribution in [1.82, 2.24) is 19.9 Å². The van der Waals surface area contributed by atoms with Gasteiger partial charge in [0, 0.05) is 35.1 Å². The van der Waals surface area contributed by atoms with Crippen molar-refractivity contribution in [3.8, 4) is 11.8 Å². The number of carboxylic acids is 2. The number of hydrogen-bond donors (Lipinski definition) is 6. The zero-order valence-corrected chi connectivity index (χ0v) is 41.4. The number of aromatic nitrogens is 4. The number of carbonyl (C=O) groups is 2. The molecule has 0 saturated heterocycles. The second kappa shape index (κ2) is 26.0. The maximum absolute atomic E-state index is 12.3. The van der Waals surface area contributed by atoms with E-state index in [2.05, 4.69) is 19.9 Å². The Kier molecular flexibility index (Phi) is 20.6. The third-order valence-electron chi connectivity index (χ3n) is 11.1. The first-order valence-electron chi connectivity index (χ1n) is 22.2. The van der Waals surface area contributed by atoms with Crippen LogP contribution in [-0.2, 0) is 30.3 Å². The number of sulfone groups is 1. The number of nitrogens with two attached hydrogens (primary N) is 1. The SMILES string of the molecule is COc1cccc([C@H](C)N)c1.Cc1cc(C)nc(O[C@H](C(=O)O)C(CO)(c2ccccc2)c2ccccc2)n1.Cc1cc(C)nc(S(C)(=O)=O)n1.O=C(O)[C@@H](O)C(CO)(c1ccccc1)c1ccccc1. The molecule has 7 N–H and O–H groups in total. The number of benzene rings is 5.